The summed E-state index contributed by atoms with van der Waals surface area (Å²) in [5.74, 6) is 0. The first-order valence-corrected chi connectivity index (χ1v) is 4.10. The summed E-state index contributed by atoms with van der Waals surface area (Å²) in [4.78, 5) is 2.54. The zero-order chi connectivity index (χ0) is 8.53. The lowest BCUT2D eigenvalue weighted by Crippen LogP contribution is -2.19. The van der Waals surface area contributed by atoms with Crippen LogP contribution in [0, 0.1) is 11.5 Å². The Hall–Kier alpha value is -0.750. The van der Waals surface area contributed by atoms with Gasteiger partial charge in [-0.1, -0.05) is 6.92 Å². The highest BCUT2D eigenvalue weighted by Crippen LogP contribution is 2.06. The number of hydrogen-bond donors (Lipinski definition) is 1. The predicted octanol–water partition coefficient (Wildman–Crippen LogP) is 1.33. The zero-order valence-electron chi connectivity index (χ0n) is 7.08. The van der Waals surface area contributed by atoms with Crippen molar-refractivity contribution in [2.75, 3.05) is 19.6 Å². The smallest absolute Gasteiger partial charge is 0.283 e. The van der Waals surface area contributed by atoms with Crippen molar-refractivity contribution in [1.82, 2.24) is 4.90 Å². The fraction of sp³-hybridized carbons (Fsp3) is 0.875. The van der Waals surface area contributed by atoms with Gasteiger partial charge < -0.3 is 10.0 Å². The van der Waals surface area contributed by atoms with Crippen molar-refractivity contribution in [3.8, 4) is 6.26 Å². The van der Waals surface area contributed by atoms with Crippen molar-refractivity contribution in [2.24, 2.45) is 0 Å². The van der Waals surface area contributed by atoms with E-state index in [1.807, 2.05) is 0 Å². The Morgan fingerprint density at radius 3 is 2.27 bits per heavy atom. The van der Waals surface area contributed by atoms with Crippen LogP contribution < -0.4 is 0 Å². The largest absolute Gasteiger partial charge is 0.443 e. The Morgan fingerprint density at radius 2 is 1.91 bits per heavy atom. The zero-order valence-corrected chi connectivity index (χ0v) is 7.08. The lowest BCUT2D eigenvalue weighted by molar-refractivity contribution is 0.339. The topological polar surface area (TPSA) is 47.3 Å². The molecule has 1 N–H and O–H groups in total. The van der Waals surface area contributed by atoms with Crippen LogP contribution in [0.25, 0.3) is 0 Å². The molecule has 1 rings (SSSR count). The van der Waals surface area contributed by atoms with Gasteiger partial charge in [0.2, 0.25) is 0 Å². The summed E-state index contributed by atoms with van der Waals surface area (Å²) in [5.41, 5.74) is 0. The monoisotopic (exact) mass is 156 g/mol. The summed E-state index contributed by atoms with van der Waals surface area (Å²) in [6, 6.07) is 0. The molecule has 0 radical (unpaired) electrons. The number of likely N-dealkylation sites (tertiary alicyclic amines) is 1. The van der Waals surface area contributed by atoms with Crippen molar-refractivity contribution in [1.29, 1.82) is 5.26 Å². The van der Waals surface area contributed by atoms with Crippen LogP contribution in [-0.4, -0.2) is 29.6 Å². The molecule has 0 saturated carbocycles. The van der Waals surface area contributed by atoms with Gasteiger partial charge in [0.1, 0.15) is 0 Å². The van der Waals surface area contributed by atoms with Crippen LogP contribution in [0.15, 0.2) is 0 Å². The molecule has 3 nitrogen and oxygen atoms in total. The highest BCUT2D eigenvalue weighted by atomic mass is 16.2. The van der Waals surface area contributed by atoms with E-state index in [1.165, 1.54) is 38.9 Å². The molecule has 0 amide bonds. The van der Waals surface area contributed by atoms with E-state index >= 15 is 0 Å². The second kappa shape index (κ2) is 7.36. The van der Waals surface area contributed by atoms with Crippen LogP contribution in [0.5, 0.6) is 0 Å². The lowest BCUT2D eigenvalue weighted by atomic mass is 10.4. The van der Waals surface area contributed by atoms with E-state index in [2.05, 4.69) is 11.8 Å². The van der Waals surface area contributed by atoms with Gasteiger partial charge in [0.15, 0.2) is 0 Å². The highest BCUT2D eigenvalue weighted by molar-refractivity contribution is 4.64. The third-order valence-electron chi connectivity index (χ3n) is 1.74. The van der Waals surface area contributed by atoms with Gasteiger partial charge in [0.05, 0.1) is 0 Å². The van der Waals surface area contributed by atoms with Gasteiger partial charge in [-0.2, -0.15) is 5.26 Å². The Kier molecular flexibility index (Phi) is 6.86. The molecule has 0 aromatic heterocycles. The number of aliphatic hydroxyl groups excluding tert-OH is 1. The summed E-state index contributed by atoms with van der Waals surface area (Å²) in [5, 5.41) is 13.8. The molecule has 0 spiro atoms. The Labute approximate surface area is 68.2 Å². The predicted molar refractivity (Wildman–Crippen MR) is 43.5 cm³/mol. The molecule has 1 saturated heterocycles. The van der Waals surface area contributed by atoms with E-state index in [9.17, 15) is 0 Å². The molecule has 64 valence electrons. The second-order valence-electron chi connectivity index (χ2n) is 2.65. The van der Waals surface area contributed by atoms with Gasteiger partial charge in [0, 0.05) is 0 Å². The van der Waals surface area contributed by atoms with Crippen LogP contribution in [0.1, 0.15) is 26.2 Å². The van der Waals surface area contributed by atoms with Gasteiger partial charge in [-0.3, -0.25) is 0 Å². The molecule has 0 aliphatic carbocycles. The first kappa shape index (κ1) is 10.2. The van der Waals surface area contributed by atoms with Gasteiger partial charge in [-0.05, 0) is 38.9 Å². The van der Waals surface area contributed by atoms with Crippen molar-refractivity contribution < 1.29 is 5.11 Å². The minimum Gasteiger partial charge on any atom is -0.443 e. The third-order valence-corrected chi connectivity index (χ3v) is 1.74. The average Bonchev–Trinajstić information content (AvgIpc) is 2.42. The molecule has 1 fully saturated rings. The van der Waals surface area contributed by atoms with Crippen LogP contribution in [0.3, 0.4) is 0 Å². The van der Waals surface area contributed by atoms with E-state index in [4.69, 9.17) is 10.4 Å². The number of hydrogen-bond acceptors (Lipinski definition) is 3. The van der Waals surface area contributed by atoms with Crippen molar-refractivity contribution >= 4 is 0 Å². The van der Waals surface area contributed by atoms with Gasteiger partial charge in [-0.25, -0.2) is 0 Å². The van der Waals surface area contributed by atoms with Gasteiger partial charge in [0.25, 0.3) is 6.26 Å². The van der Waals surface area contributed by atoms with Crippen molar-refractivity contribution in [2.45, 2.75) is 26.2 Å². The van der Waals surface area contributed by atoms with Crippen molar-refractivity contribution in [3.05, 3.63) is 0 Å². The molecule has 0 bridgehead atoms. The molecule has 0 unspecified atom stereocenters. The lowest BCUT2D eigenvalue weighted by Gasteiger charge is -2.11. The molecule has 1 aliphatic rings. The van der Waals surface area contributed by atoms with E-state index in [1.54, 1.807) is 0 Å². The molecular formula is C8H16N2O. The molecule has 11 heavy (non-hydrogen) atoms. The molecule has 0 aromatic rings. The Bertz CT molecular complexity index is 114. The molecule has 0 aromatic carbocycles. The highest BCUT2D eigenvalue weighted by Gasteiger charge is 2.08. The summed E-state index contributed by atoms with van der Waals surface area (Å²) in [6.45, 7) is 6.28. The Balaban J connectivity index is 0.000000292. The summed E-state index contributed by atoms with van der Waals surface area (Å²) in [6.07, 6.45) is 4.93. The standard InChI is InChI=1S/C7H15N.CHNO/c1-2-5-8-6-3-4-7-8;2-1-3/h2-7H2,1H3;3H. The number of nitrogens with zero attached hydrogens (tertiary/aromatic N) is 2. The minimum absolute atomic E-state index is 0.750. The Morgan fingerprint density at radius 1 is 1.45 bits per heavy atom. The van der Waals surface area contributed by atoms with Gasteiger partial charge >= 0.3 is 0 Å². The first-order valence-electron chi connectivity index (χ1n) is 4.10. The minimum atomic E-state index is 0.750. The van der Waals surface area contributed by atoms with Crippen molar-refractivity contribution in [3.63, 3.8) is 0 Å². The summed E-state index contributed by atoms with van der Waals surface area (Å²) < 4.78 is 0. The number of nitriles is 1. The molecule has 1 aliphatic heterocycles. The fourth-order valence-electron chi connectivity index (χ4n) is 1.32. The van der Waals surface area contributed by atoms with Crippen LogP contribution in [0.4, 0.5) is 0 Å². The SMILES string of the molecule is CCCN1CCCC1.N#CO. The number of aliphatic hydroxyl groups is 1. The third kappa shape index (κ3) is 5.68. The van der Waals surface area contributed by atoms with Crippen LogP contribution in [0.2, 0.25) is 0 Å². The van der Waals surface area contributed by atoms with Crippen LogP contribution in [-0.2, 0) is 0 Å². The maximum absolute atomic E-state index is 6.88. The summed E-state index contributed by atoms with van der Waals surface area (Å²) in [7, 11) is 0. The molecule has 3 heteroatoms. The van der Waals surface area contributed by atoms with Gasteiger partial charge in [-0.15, -0.1) is 0 Å². The van der Waals surface area contributed by atoms with E-state index in [0.717, 1.165) is 6.26 Å². The quantitative estimate of drug-likeness (QED) is 0.613. The fourth-order valence-corrected chi connectivity index (χ4v) is 1.32. The molecular weight excluding hydrogens is 140 g/mol. The summed E-state index contributed by atoms with van der Waals surface area (Å²) >= 11 is 0. The van der Waals surface area contributed by atoms with E-state index in [0.29, 0.717) is 0 Å². The second-order valence-corrected chi connectivity index (χ2v) is 2.65. The maximum atomic E-state index is 6.88. The first-order chi connectivity index (χ1) is 5.35. The number of rotatable bonds is 2. The van der Waals surface area contributed by atoms with E-state index in [-0.39, 0.29) is 0 Å². The average molecular weight is 156 g/mol. The van der Waals surface area contributed by atoms with Crippen LogP contribution >= 0.6 is 0 Å². The normalized spacial score (nSPS) is 16.7. The molecule has 0 atom stereocenters. The van der Waals surface area contributed by atoms with E-state index < -0.39 is 0 Å². The maximum Gasteiger partial charge on any atom is 0.283 e. The molecule has 1 heterocycles.